The Morgan fingerprint density at radius 1 is 1.19 bits per heavy atom. The van der Waals surface area contributed by atoms with Crippen LogP contribution in [0.1, 0.15) is 50.6 Å². The predicted octanol–water partition coefficient (Wildman–Crippen LogP) is 3.97. The minimum Gasteiger partial charge on any atom is -0.331 e. The fourth-order valence-corrected chi connectivity index (χ4v) is 3.77. The molecule has 0 aromatic heterocycles. The predicted molar refractivity (Wildman–Crippen MR) is 85.0 cm³/mol. The molecule has 0 spiro atoms. The summed E-state index contributed by atoms with van der Waals surface area (Å²) in [4.78, 5) is 14.5. The largest absolute Gasteiger partial charge is 0.331 e. The maximum atomic E-state index is 12.5. The van der Waals surface area contributed by atoms with E-state index in [4.69, 9.17) is 0 Å². The molecule has 1 aliphatic carbocycles. The average Bonchev–Trinajstić information content (AvgIpc) is 3.17. The second-order valence-electron chi connectivity index (χ2n) is 6.72. The van der Waals surface area contributed by atoms with Crippen LogP contribution in [-0.4, -0.2) is 24.0 Å². The zero-order chi connectivity index (χ0) is 14.7. The molecule has 1 saturated carbocycles. The topological polar surface area (TPSA) is 32.3 Å². The molecular formula is C18H26N2O. The summed E-state index contributed by atoms with van der Waals surface area (Å²) in [5.41, 5.74) is 1.25. The van der Waals surface area contributed by atoms with Crippen molar-refractivity contribution in [2.45, 2.75) is 45.1 Å². The SMILES string of the molecule is CC1CCN(C(=O)NC(c2ccccc2)C2CCCC2)C1. The standard InChI is InChI=1S/C18H26N2O/c1-14-11-12-20(13-14)18(21)19-17(16-9-5-6-10-16)15-7-3-2-4-8-15/h2-4,7-8,14,16-17H,5-6,9-13H2,1H3,(H,19,21). The van der Waals surface area contributed by atoms with Crippen molar-refractivity contribution in [1.82, 2.24) is 10.2 Å². The molecule has 2 aliphatic rings. The number of rotatable bonds is 3. The first kappa shape index (κ1) is 14.4. The Morgan fingerprint density at radius 2 is 1.90 bits per heavy atom. The van der Waals surface area contributed by atoms with E-state index in [1.165, 1.54) is 31.2 Å². The quantitative estimate of drug-likeness (QED) is 0.896. The van der Waals surface area contributed by atoms with Gasteiger partial charge in [0.05, 0.1) is 6.04 Å². The van der Waals surface area contributed by atoms with Crippen molar-refractivity contribution < 1.29 is 4.79 Å². The van der Waals surface area contributed by atoms with Gasteiger partial charge in [0, 0.05) is 13.1 Å². The van der Waals surface area contributed by atoms with Gasteiger partial charge in [-0.15, -0.1) is 0 Å². The van der Waals surface area contributed by atoms with E-state index in [2.05, 4.69) is 36.5 Å². The highest BCUT2D eigenvalue weighted by atomic mass is 16.2. The van der Waals surface area contributed by atoms with E-state index in [9.17, 15) is 4.79 Å². The minimum atomic E-state index is 0.125. The van der Waals surface area contributed by atoms with Gasteiger partial charge in [0.1, 0.15) is 0 Å². The van der Waals surface area contributed by atoms with Gasteiger partial charge in [0.2, 0.25) is 0 Å². The first-order valence-corrected chi connectivity index (χ1v) is 8.34. The molecule has 2 atom stereocenters. The molecular weight excluding hydrogens is 260 g/mol. The summed E-state index contributed by atoms with van der Waals surface area (Å²) in [6.07, 6.45) is 6.19. The van der Waals surface area contributed by atoms with E-state index in [1.54, 1.807) is 0 Å². The number of nitrogens with one attached hydrogen (secondary N) is 1. The molecule has 3 rings (SSSR count). The van der Waals surface area contributed by atoms with Gasteiger partial charge in [-0.05, 0) is 36.7 Å². The van der Waals surface area contributed by atoms with Crippen LogP contribution in [0.2, 0.25) is 0 Å². The number of carbonyl (C=O) groups excluding carboxylic acids is 1. The fraction of sp³-hybridized carbons (Fsp3) is 0.611. The molecule has 1 N–H and O–H groups in total. The summed E-state index contributed by atoms with van der Waals surface area (Å²) in [5, 5.41) is 3.32. The molecule has 3 nitrogen and oxygen atoms in total. The van der Waals surface area contributed by atoms with E-state index in [0.29, 0.717) is 11.8 Å². The monoisotopic (exact) mass is 286 g/mol. The Hall–Kier alpha value is -1.51. The number of carbonyl (C=O) groups is 1. The molecule has 1 heterocycles. The third-order valence-electron chi connectivity index (χ3n) is 5.02. The Balaban J connectivity index is 1.71. The van der Waals surface area contributed by atoms with Crippen molar-refractivity contribution in [2.75, 3.05) is 13.1 Å². The number of hydrogen-bond donors (Lipinski definition) is 1. The molecule has 2 amide bonds. The van der Waals surface area contributed by atoms with Gasteiger partial charge >= 0.3 is 6.03 Å². The highest BCUT2D eigenvalue weighted by molar-refractivity contribution is 5.75. The second kappa shape index (κ2) is 6.50. The highest BCUT2D eigenvalue weighted by Gasteiger charge is 2.30. The first-order chi connectivity index (χ1) is 10.2. The smallest absolute Gasteiger partial charge is 0.317 e. The zero-order valence-electron chi connectivity index (χ0n) is 12.9. The molecule has 2 unspecified atom stereocenters. The molecule has 0 radical (unpaired) electrons. The van der Waals surface area contributed by atoms with Crippen LogP contribution in [0, 0.1) is 11.8 Å². The van der Waals surface area contributed by atoms with Crippen molar-refractivity contribution in [2.24, 2.45) is 11.8 Å². The Kier molecular flexibility index (Phi) is 4.47. The van der Waals surface area contributed by atoms with E-state index < -0.39 is 0 Å². The third kappa shape index (κ3) is 3.39. The lowest BCUT2D eigenvalue weighted by molar-refractivity contribution is 0.197. The lowest BCUT2D eigenvalue weighted by Crippen LogP contribution is -2.42. The number of likely N-dealkylation sites (tertiary alicyclic amines) is 1. The summed E-state index contributed by atoms with van der Waals surface area (Å²) in [5.74, 6) is 1.23. The van der Waals surface area contributed by atoms with Crippen LogP contribution in [0.4, 0.5) is 4.79 Å². The maximum Gasteiger partial charge on any atom is 0.317 e. The van der Waals surface area contributed by atoms with Crippen molar-refractivity contribution in [3.8, 4) is 0 Å². The van der Waals surface area contributed by atoms with Gasteiger partial charge in [-0.3, -0.25) is 0 Å². The van der Waals surface area contributed by atoms with Crippen LogP contribution in [0.3, 0.4) is 0 Å². The third-order valence-corrected chi connectivity index (χ3v) is 5.02. The molecule has 0 bridgehead atoms. The maximum absolute atomic E-state index is 12.5. The van der Waals surface area contributed by atoms with Crippen LogP contribution in [-0.2, 0) is 0 Å². The molecule has 3 heteroatoms. The van der Waals surface area contributed by atoms with E-state index in [0.717, 1.165) is 19.5 Å². The number of amides is 2. The van der Waals surface area contributed by atoms with Crippen molar-refractivity contribution in [3.63, 3.8) is 0 Å². The number of benzene rings is 1. The van der Waals surface area contributed by atoms with Gasteiger partial charge in [0.15, 0.2) is 0 Å². The van der Waals surface area contributed by atoms with E-state index >= 15 is 0 Å². The van der Waals surface area contributed by atoms with Crippen LogP contribution in [0.5, 0.6) is 0 Å². The molecule has 114 valence electrons. The van der Waals surface area contributed by atoms with E-state index in [1.807, 2.05) is 11.0 Å². The molecule has 1 aromatic rings. The Morgan fingerprint density at radius 3 is 2.52 bits per heavy atom. The minimum absolute atomic E-state index is 0.125. The van der Waals surface area contributed by atoms with Crippen molar-refractivity contribution in [1.29, 1.82) is 0 Å². The highest BCUT2D eigenvalue weighted by Crippen LogP contribution is 2.35. The van der Waals surface area contributed by atoms with Crippen LogP contribution < -0.4 is 5.32 Å². The Bertz CT molecular complexity index is 467. The zero-order valence-corrected chi connectivity index (χ0v) is 12.9. The second-order valence-corrected chi connectivity index (χ2v) is 6.72. The summed E-state index contributed by atoms with van der Waals surface area (Å²) in [6, 6.07) is 10.8. The van der Waals surface area contributed by atoms with Gasteiger partial charge in [0.25, 0.3) is 0 Å². The average molecular weight is 286 g/mol. The summed E-state index contributed by atoms with van der Waals surface area (Å²) in [7, 11) is 0. The number of nitrogens with zero attached hydrogens (tertiary/aromatic N) is 1. The number of hydrogen-bond acceptors (Lipinski definition) is 1. The molecule has 2 fully saturated rings. The lowest BCUT2D eigenvalue weighted by atomic mass is 9.92. The summed E-state index contributed by atoms with van der Waals surface area (Å²) in [6.45, 7) is 4.02. The van der Waals surface area contributed by atoms with Crippen LogP contribution in [0.25, 0.3) is 0 Å². The first-order valence-electron chi connectivity index (χ1n) is 8.34. The summed E-state index contributed by atoms with van der Waals surface area (Å²) < 4.78 is 0. The molecule has 1 aliphatic heterocycles. The van der Waals surface area contributed by atoms with Gasteiger partial charge < -0.3 is 10.2 Å². The van der Waals surface area contributed by atoms with Gasteiger partial charge in [-0.25, -0.2) is 4.79 Å². The van der Waals surface area contributed by atoms with Gasteiger partial charge in [-0.2, -0.15) is 0 Å². The molecule has 1 saturated heterocycles. The lowest BCUT2D eigenvalue weighted by Gasteiger charge is -2.28. The molecule has 21 heavy (non-hydrogen) atoms. The van der Waals surface area contributed by atoms with Crippen LogP contribution in [0.15, 0.2) is 30.3 Å². The van der Waals surface area contributed by atoms with Crippen molar-refractivity contribution >= 4 is 6.03 Å². The summed E-state index contributed by atoms with van der Waals surface area (Å²) >= 11 is 0. The van der Waals surface area contributed by atoms with Gasteiger partial charge in [-0.1, -0.05) is 50.1 Å². The fourth-order valence-electron chi connectivity index (χ4n) is 3.77. The van der Waals surface area contributed by atoms with E-state index in [-0.39, 0.29) is 12.1 Å². The Labute approximate surface area is 127 Å². The van der Waals surface area contributed by atoms with Crippen molar-refractivity contribution in [3.05, 3.63) is 35.9 Å². The number of urea groups is 1. The molecule has 1 aromatic carbocycles. The van der Waals surface area contributed by atoms with Crippen LogP contribution >= 0.6 is 0 Å². The normalized spacial score (nSPS) is 24.2.